The highest BCUT2D eigenvalue weighted by Gasteiger charge is 2.41. The molecule has 2 N–H and O–H groups in total. The van der Waals surface area contributed by atoms with Crippen molar-refractivity contribution in [3.63, 3.8) is 0 Å². The van der Waals surface area contributed by atoms with Crippen LogP contribution in [-0.2, 0) is 11.3 Å². The van der Waals surface area contributed by atoms with E-state index in [4.69, 9.17) is 5.11 Å². The van der Waals surface area contributed by atoms with Gasteiger partial charge in [0.15, 0.2) is 0 Å². The van der Waals surface area contributed by atoms with Gasteiger partial charge in [0.25, 0.3) is 0 Å². The molecule has 2 heterocycles. The zero-order valence-electron chi connectivity index (χ0n) is 14.0. The topological polar surface area (TPSA) is 72.9 Å². The highest BCUT2D eigenvalue weighted by atomic mass is 16.4. The molecule has 2 aliphatic heterocycles. The molecule has 0 radical (unpaired) electrons. The van der Waals surface area contributed by atoms with Crippen molar-refractivity contribution < 1.29 is 14.7 Å². The van der Waals surface area contributed by atoms with Crippen LogP contribution in [-0.4, -0.2) is 58.6 Å². The van der Waals surface area contributed by atoms with Crippen LogP contribution >= 0.6 is 0 Å². The number of hydrogen-bond acceptors (Lipinski definition) is 3. The molecule has 3 atom stereocenters. The first kappa shape index (κ1) is 16.8. The van der Waals surface area contributed by atoms with Gasteiger partial charge >= 0.3 is 6.09 Å². The van der Waals surface area contributed by atoms with E-state index in [9.17, 15) is 9.59 Å². The van der Waals surface area contributed by atoms with Gasteiger partial charge in [0.2, 0.25) is 5.91 Å². The summed E-state index contributed by atoms with van der Waals surface area (Å²) in [6, 6.07) is 9.82. The van der Waals surface area contributed by atoms with Gasteiger partial charge in [-0.1, -0.05) is 37.3 Å². The molecular formula is C18H25N3O3. The normalized spacial score (nSPS) is 28.1. The first-order valence-corrected chi connectivity index (χ1v) is 8.58. The van der Waals surface area contributed by atoms with Gasteiger partial charge in [-0.15, -0.1) is 0 Å². The lowest BCUT2D eigenvalue weighted by atomic mass is 9.97. The number of rotatable bonds is 4. The minimum Gasteiger partial charge on any atom is -0.465 e. The highest BCUT2D eigenvalue weighted by molar-refractivity contribution is 5.77. The Bertz CT molecular complexity index is 592. The number of carbonyl (C=O) groups excluding carboxylic acids is 1. The Morgan fingerprint density at radius 3 is 2.71 bits per heavy atom. The second kappa shape index (κ2) is 7.21. The van der Waals surface area contributed by atoms with Crippen molar-refractivity contribution in [2.24, 2.45) is 5.92 Å². The van der Waals surface area contributed by atoms with E-state index in [1.165, 1.54) is 5.56 Å². The first-order chi connectivity index (χ1) is 11.5. The minimum atomic E-state index is -1.02. The molecule has 6 heteroatoms. The van der Waals surface area contributed by atoms with Crippen molar-refractivity contribution in [3.05, 3.63) is 35.9 Å². The molecule has 24 heavy (non-hydrogen) atoms. The predicted molar refractivity (Wildman–Crippen MR) is 90.6 cm³/mol. The predicted octanol–water partition coefficient (Wildman–Crippen LogP) is 1.77. The smallest absolute Gasteiger partial charge is 0.404 e. The number of piperidine rings is 1. The molecule has 130 valence electrons. The van der Waals surface area contributed by atoms with Crippen molar-refractivity contribution in [2.45, 2.75) is 38.4 Å². The molecule has 2 saturated heterocycles. The lowest BCUT2D eigenvalue weighted by Gasteiger charge is -2.37. The average Bonchev–Trinajstić information content (AvgIpc) is 2.92. The third-order valence-electron chi connectivity index (χ3n) is 5.00. The Morgan fingerprint density at radius 2 is 2.00 bits per heavy atom. The maximum absolute atomic E-state index is 12.4. The summed E-state index contributed by atoms with van der Waals surface area (Å²) < 4.78 is 0. The summed E-state index contributed by atoms with van der Waals surface area (Å²) in [6.07, 6.45) is 0.465. The fourth-order valence-corrected chi connectivity index (χ4v) is 3.82. The first-order valence-electron chi connectivity index (χ1n) is 8.58. The van der Waals surface area contributed by atoms with Crippen molar-refractivity contribution in [3.8, 4) is 0 Å². The largest absolute Gasteiger partial charge is 0.465 e. The molecule has 6 nitrogen and oxygen atoms in total. The molecule has 1 aromatic rings. The zero-order chi connectivity index (χ0) is 17.1. The second-order valence-electron chi connectivity index (χ2n) is 6.99. The molecule has 0 saturated carbocycles. The summed E-state index contributed by atoms with van der Waals surface area (Å²) in [5.74, 6) is 0.619. The van der Waals surface area contributed by atoms with Crippen LogP contribution in [0.1, 0.15) is 25.3 Å². The van der Waals surface area contributed by atoms with Crippen LogP contribution in [0.15, 0.2) is 30.3 Å². The molecule has 0 bridgehead atoms. The molecule has 0 aliphatic carbocycles. The Balaban J connectivity index is 1.72. The van der Waals surface area contributed by atoms with E-state index in [1.54, 1.807) is 0 Å². The van der Waals surface area contributed by atoms with Crippen molar-refractivity contribution in [2.75, 3.05) is 19.6 Å². The Morgan fingerprint density at radius 1 is 1.25 bits per heavy atom. The number of carboxylic acid groups (broad SMARTS) is 1. The van der Waals surface area contributed by atoms with Crippen LogP contribution in [0.25, 0.3) is 0 Å². The number of carbonyl (C=O) groups is 2. The van der Waals surface area contributed by atoms with Crippen LogP contribution in [0.5, 0.6) is 0 Å². The summed E-state index contributed by atoms with van der Waals surface area (Å²) in [5, 5.41) is 11.8. The van der Waals surface area contributed by atoms with Crippen LogP contribution in [0.4, 0.5) is 4.79 Å². The maximum atomic E-state index is 12.4. The van der Waals surface area contributed by atoms with E-state index in [1.807, 2.05) is 23.1 Å². The third-order valence-corrected chi connectivity index (χ3v) is 5.00. The van der Waals surface area contributed by atoms with Crippen LogP contribution < -0.4 is 5.32 Å². The Labute approximate surface area is 142 Å². The van der Waals surface area contributed by atoms with E-state index in [0.717, 1.165) is 19.5 Å². The lowest BCUT2D eigenvalue weighted by molar-refractivity contribution is -0.137. The number of likely N-dealkylation sites (tertiary alicyclic amines) is 2. The van der Waals surface area contributed by atoms with Crippen molar-refractivity contribution >= 4 is 12.0 Å². The van der Waals surface area contributed by atoms with Crippen LogP contribution in [0.2, 0.25) is 0 Å². The van der Waals surface area contributed by atoms with Gasteiger partial charge in [0, 0.05) is 32.6 Å². The van der Waals surface area contributed by atoms with Gasteiger partial charge in [0.1, 0.15) is 0 Å². The quantitative estimate of drug-likeness (QED) is 0.882. The third kappa shape index (κ3) is 3.87. The summed E-state index contributed by atoms with van der Waals surface area (Å²) in [7, 11) is 0. The van der Waals surface area contributed by atoms with Gasteiger partial charge in [-0.2, -0.15) is 0 Å². The van der Waals surface area contributed by atoms with Gasteiger partial charge in [-0.05, 0) is 17.9 Å². The fourth-order valence-electron chi connectivity index (χ4n) is 3.82. The van der Waals surface area contributed by atoms with Crippen LogP contribution in [0.3, 0.4) is 0 Å². The van der Waals surface area contributed by atoms with Gasteiger partial charge < -0.3 is 15.3 Å². The summed E-state index contributed by atoms with van der Waals surface area (Å²) in [4.78, 5) is 27.6. The van der Waals surface area contributed by atoms with E-state index < -0.39 is 6.09 Å². The summed E-state index contributed by atoms with van der Waals surface area (Å²) in [5.41, 5.74) is 1.20. The highest BCUT2D eigenvalue weighted by Crippen LogP contribution is 2.25. The molecule has 2 amide bonds. The number of amides is 2. The zero-order valence-corrected chi connectivity index (χ0v) is 14.0. The lowest BCUT2D eigenvalue weighted by Crippen LogP contribution is -2.55. The van der Waals surface area contributed by atoms with Gasteiger partial charge in [-0.3, -0.25) is 9.69 Å². The number of nitrogens with zero attached hydrogens (tertiary/aromatic N) is 2. The average molecular weight is 331 g/mol. The molecule has 3 rings (SSSR count). The number of hydrogen-bond donors (Lipinski definition) is 2. The molecule has 1 unspecified atom stereocenters. The number of nitrogens with one attached hydrogen (secondary N) is 1. The van der Waals surface area contributed by atoms with Crippen molar-refractivity contribution in [1.82, 2.24) is 15.1 Å². The van der Waals surface area contributed by atoms with Gasteiger partial charge in [0.05, 0.1) is 12.1 Å². The van der Waals surface area contributed by atoms with Gasteiger partial charge in [-0.25, -0.2) is 4.79 Å². The molecule has 2 aliphatic rings. The van der Waals surface area contributed by atoms with E-state index in [0.29, 0.717) is 25.4 Å². The van der Waals surface area contributed by atoms with E-state index in [2.05, 4.69) is 29.3 Å². The fraction of sp³-hybridized carbons (Fsp3) is 0.556. The Hall–Kier alpha value is -2.08. The number of benzene rings is 1. The monoisotopic (exact) mass is 331 g/mol. The van der Waals surface area contributed by atoms with Crippen molar-refractivity contribution in [1.29, 1.82) is 0 Å². The molecule has 2 fully saturated rings. The molecule has 0 spiro atoms. The summed E-state index contributed by atoms with van der Waals surface area (Å²) in [6.45, 7) is 4.98. The SMILES string of the molecule is CC1CCC(=O)N([C@H]2CN(Cc3ccccc3)C[C@@H]2NC(=O)O)C1. The minimum absolute atomic E-state index is 0.0833. The second-order valence-corrected chi connectivity index (χ2v) is 6.99. The molecule has 0 aromatic heterocycles. The summed E-state index contributed by atoms with van der Waals surface area (Å²) >= 11 is 0. The molecular weight excluding hydrogens is 306 g/mol. The molecule has 1 aromatic carbocycles. The van der Waals surface area contributed by atoms with Crippen LogP contribution in [0, 0.1) is 5.92 Å². The maximum Gasteiger partial charge on any atom is 0.404 e. The van der Waals surface area contributed by atoms with E-state index >= 15 is 0 Å². The Kier molecular flexibility index (Phi) is 5.04. The van der Waals surface area contributed by atoms with E-state index in [-0.39, 0.29) is 18.0 Å². The standard InChI is InChI=1S/C18H25N3O3/c1-13-7-8-17(22)21(9-13)16-12-20(11-15(16)19-18(23)24)10-14-5-3-2-4-6-14/h2-6,13,15-16,19H,7-12H2,1H3,(H,23,24)/t13?,15-,16-/m0/s1.